The van der Waals surface area contributed by atoms with Gasteiger partial charge in [0.15, 0.2) is 0 Å². The van der Waals surface area contributed by atoms with Crippen LogP contribution in [0.15, 0.2) is 18.2 Å². The molecule has 0 unspecified atom stereocenters. The standard InChI is InChI=1S/C25H41BN2O5/c1-16-14-17(12-13-18(16)26-32-24(8,9)25(10,11)33-26)27-20(29)19(15-22(2,3)4)28-21(30)31-23(5,6)7/h12-14,19H,15H2,1-11H3,(H,27,29)(H,28,30)/t19-/m1/s1. The molecule has 1 fully saturated rings. The lowest BCUT2D eigenvalue weighted by Crippen LogP contribution is -2.47. The fourth-order valence-corrected chi connectivity index (χ4v) is 3.49. The highest BCUT2D eigenvalue weighted by Crippen LogP contribution is 2.36. The first-order valence-electron chi connectivity index (χ1n) is 11.6. The summed E-state index contributed by atoms with van der Waals surface area (Å²) in [4.78, 5) is 25.4. The molecule has 184 valence electrons. The van der Waals surface area contributed by atoms with Crippen molar-refractivity contribution in [3.05, 3.63) is 23.8 Å². The number of carbonyl (C=O) groups is 2. The van der Waals surface area contributed by atoms with Crippen LogP contribution in [0.1, 0.15) is 81.2 Å². The molecule has 2 amide bonds. The highest BCUT2D eigenvalue weighted by atomic mass is 16.7. The second kappa shape index (κ2) is 9.30. The van der Waals surface area contributed by atoms with Crippen molar-refractivity contribution < 1.29 is 23.6 Å². The van der Waals surface area contributed by atoms with Gasteiger partial charge >= 0.3 is 13.2 Å². The summed E-state index contributed by atoms with van der Waals surface area (Å²) in [6.45, 7) is 21.5. The summed E-state index contributed by atoms with van der Waals surface area (Å²) in [5.74, 6) is -0.293. The second-order valence-electron chi connectivity index (χ2n) is 12.1. The fourth-order valence-electron chi connectivity index (χ4n) is 3.49. The molecule has 1 aromatic rings. The molecule has 0 spiro atoms. The predicted molar refractivity (Wildman–Crippen MR) is 133 cm³/mol. The number of nitrogens with one attached hydrogen (secondary N) is 2. The van der Waals surface area contributed by atoms with E-state index in [1.807, 2.05) is 73.6 Å². The number of aryl methyl sites for hydroxylation is 1. The molecule has 0 radical (unpaired) electrons. The molecular formula is C25H41BN2O5. The first-order chi connectivity index (χ1) is 14.8. The van der Waals surface area contributed by atoms with E-state index in [4.69, 9.17) is 14.0 Å². The minimum atomic E-state index is -0.733. The smallest absolute Gasteiger partial charge is 0.444 e. The van der Waals surface area contributed by atoms with Crippen LogP contribution in [0.4, 0.5) is 10.5 Å². The number of hydrogen-bond donors (Lipinski definition) is 2. The van der Waals surface area contributed by atoms with E-state index in [1.165, 1.54) is 0 Å². The monoisotopic (exact) mass is 460 g/mol. The van der Waals surface area contributed by atoms with E-state index < -0.39 is 36.1 Å². The van der Waals surface area contributed by atoms with E-state index >= 15 is 0 Å². The Bertz CT molecular complexity index is 868. The molecule has 7 nitrogen and oxygen atoms in total. The van der Waals surface area contributed by atoms with E-state index in [1.54, 1.807) is 20.8 Å². The van der Waals surface area contributed by atoms with Gasteiger partial charge in [-0.1, -0.05) is 26.8 Å². The summed E-state index contributed by atoms with van der Waals surface area (Å²) in [5, 5.41) is 5.66. The molecule has 2 rings (SSSR count). The van der Waals surface area contributed by atoms with Gasteiger partial charge in [0.25, 0.3) is 0 Å². The fraction of sp³-hybridized carbons (Fsp3) is 0.680. The number of anilines is 1. The predicted octanol–water partition coefficient (Wildman–Crippen LogP) is 4.56. The van der Waals surface area contributed by atoms with Gasteiger partial charge in [0.2, 0.25) is 5.91 Å². The minimum absolute atomic E-state index is 0.173. The molecule has 0 aromatic heterocycles. The number of benzene rings is 1. The van der Waals surface area contributed by atoms with Gasteiger partial charge in [-0.25, -0.2) is 4.79 Å². The minimum Gasteiger partial charge on any atom is -0.444 e. The van der Waals surface area contributed by atoms with Crippen molar-refractivity contribution in [3.63, 3.8) is 0 Å². The third kappa shape index (κ3) is 7.47. The number of rotatable bonds is 5. The van der Waals surface area contributed by atoms with Crippen LogP contribution in [-0.4, -0.2) is 42.0 Å². The zero-order chi connectivity index (χ0) is 25.4. The quantitative estimate of drug-likeness (QED) is 0.630. The maximum Gasteiger partial charge on any atom is 0.495 e. The summed E-state index contributed by atoms with van der Waals surface area (Å²) < 4.78 is 17.7. The highest BCUT2D eigenvalue weighted by molar-refractivity contribution is 6.62. The zero-order valence-corrected chi connectivity index (χ0v) is 22.1. The van der Waals surface area contributed by atoms with E-state index in [-0.39, 0.29) is 11.3 Å². The van der Waals surface area contributed by atoms with Crippen LogP contribution in [0.3, 0.4) is 0 Å². The topological polar surface area (TPSA) is 85.9 Å². The Morgan fingerprint density at radius 3 is 2.03 bits per heavy atom. The van der Waals surface area contributed by atoms with Crippen molar-refractivity contribution in [2.24, 2.45) is 5.41 Å². The van der Waals surface area contributed by atoms with Gasteiger partial charge in [-0.3, -0.25) is 4.79 Å². The van der Waals surface area contributed by atoms with Crippen molar-refractivity contribution in [1.82, 2.24) is 5.32 Å². The van der Waals surface area contributed by atoms with Crippen LogP contribution in [-0.2, 0) is 18.8 Å². The van der Waals surface area contributed by atoms with E-state index in [0.29, 0.717) is 12.1 Å². The Morgan fingerprint density at radius 2 is 1.58 bits per heavy atom. The van der Waals surface area contributed by atoms with Gasteiger partial charge in [0, 0.05) is 5.69 Å². The third-order valence-electron chi connectivity index (χ3n) is 5.87. The molecule has 1 atom stereocenters. The van der Waals surface area contributed by atoms with Crippen molar-refractivity contribution >= 4 is 30.3 Å². The van der Waals surface area contributed by atoms with Crippen LogP contribution in [0, 0.1) is 12.3 Å². The first kappa shape index (κ1) is 27.2. The van der Waals surface area contributed by atoms with Gasteiger partial charge in [0.1, 0.15) is 11.6 Å². The normalized spacial score (nSPS) is 18.6. The van der Waals surface area contributed by atoms with Crippen LogP contribution >= 0.6 is 0 Å². The summed E-state index contributed by atoms with van der Waals surface area (Å²) in [6.07, 6.45) is -0.150. The van der Waals surface area contributed by atoms with E-state index in [2.05, 4.69) is 10.6 Å². The molecular weight excluding hydrogens is 419 g/mol. The van der Waals surface area contributed by atoms with Crippen molar-refractivity contribution in [3.8, 4) is 0 Å². The van der Waals surface area contributed by atoms with Crippen molar-refractivity contribution in [2.45, 2.75) is 105 Å². The van der Waals surface area contributed by atoms with Crippen molar-refractivity contribution in [2.75, 3.05) is 5.32 Å². The summed E-state index contributed by atoms with van der Waals surface area (Å²) >= 11 is 0. The van der Waals surface area contributed by atoms with Crippen LogP contribution in [0.25, 0.3) is 0 Å². The number of carbonyl (C=O) groups excluding carboxylic acids is 2. The lowest BCUT2D eigenvalue weighted by Gasteiger charge is -2.32. The van der Waals surface area contributed by atoms with Gasteiger partial charge in [-0.15, -0.1) is 0 Å². The molecule has 1 saturated heterocycles. The third-order valence-corrected chi connectivity index (χ3v) is 5.87. The Morgan fingerprint density at radius 1 is 1.03 bits per heavy atom. The Labute approximate surface area is 199 Å². The lowest BCUT2D eigenvalue weighted by atomic mass is 9.76. The van der Waals surface area contributed by atoms with Crippen LogP contribution < -0.4 is 16.1 Å². The number of hydrogen-bond acceptors (Lipinski definition) is 5. The number of amides is 2. The average molecular weight is 460 g/mol. The molecule has 0 saturated carbocycles. The van der Waals surface area contributed by atoms with Gasteiger partial charge < -0.3 is 24.7 Å². The van der Waals surface area contributed by atoms with Crippen molar-refractivity contribution in [1.29, 1.82) is 0 Å². The summed E-state index contributed by atoms with van der Waals surface area (Å²) in [5.41, 5.74) is 0.835. The largest absolute Gasteiger partial charge is 0.495 e. The highest BCUT2D eigenvalue weighted by Gasteiger charge is 2.52. The first-order valence-corrected chi connectivity index (χ1v) is 11.6. The number of ether oxygens (including phenoxy) is 1. The molecule has 33 heavy (non-hydrogen) atoms. The molecule has 1 heterocycles. The van der Waals surface area contributed by atoms with Crippen LogP contribution in [0.5, 0.6) is 0 Å². The zero-order valence-electron chi connectivity index (χ0n) is 22.1. The SMILES string of the molecule is Cc1cc(NC(=O)[C@@H](CC(C)(C)C)NC(=O)OC(C)(C)C)ccc1B1OC(C)(C)C(C)(C)O1. The molecule has 8 heteroatoms. The Balaban J connectivity index is 2.15. The van der Waals surface area contributed by atoms with Gasteiger partial charge in [-0.2, -0.15) is 0 Å². The maximum atomic E-state index is 13.1. The maximum absolute atomic E-state index is 13.1. The van der Waals surface area contributed by atoms with E-state index in [0.717, 1.165) is 11.0 Å². The molecule has 1 aliphatic heterocycles. The molecule has 0 bridgehead atoms. The number of alkyl carbamates (subject to hydrolysis) is 1. The molecule has 1 aromatic carbocycles. The molecule has 1 aliphatic rings. The van der Waals surface area contributed by atoms with Crippen LogP contribution in [0.2, 0.25) is 0 Å². The second-order valence-corrected chi connectivity index (χ2v) is 12.1. The Kier molecular flexibility index (Phi) is 7.66. The molecule has 2 N–H and O–H groups in total. The Hall–Kier alpha value is -2.06. The van der Waals surface area contributed by atoms with E-state index in [9.17, 15) is 9.59 Å². The average Bonchev–Trinajstić information content (AvgIpc) is 2.78. The summed E-state index contributed by atoms with van der Waals surface area (Å²) in [7, 11) is -0.470. The summed E-state index contributed by atoms with van der Waals surface area (Å²) in [6, 6.07) is 4.89. The van der Waals surface area contributed by atoms with Gasteiger partial charge in [0.05, 0.1) is 11.2 Å². The molecule has 0 aliphatic carbocycles. The van der Waals surface area contributed by atoms with Gasteiger partial charge in [-0.05, 0) is 90.4 Å². The lowest BCUT2D eigenvalue weighted by molar-refractivity contribution is -0.118.